The number of benzene rings is 1. The van der Waals surface area contributed by atoms with Crippen LogP contribution < -0.4 is 33.0 Å². The number of nitrogen functional groups attached to an aromatic ring is 2. The molecule has 28 heavy (non-hydrogen) atoms. The molecule has 12 heteroatoms. The number of nitrogens with one attached hydrogen (secondary N) is 1. The van der Waals surface area contributed by atoms with Crippen molar-refractivity contribution in [1.29, 1.82) is 0 Å². The van der Waals surface area contributed by atoms with E-state index >= 15 is 0 Å². The number of amides is 1. The smallest absolute Gasteiger partial charge is 0.340 e. The molecule has 11 nitrogen and oxygen atoms in total. The van der Waals surface area contributed by atoms with Gasteiger partial charge in [-0.15, -0.1) is 5.10 Å². The third-order valence-electron chi connectivity index (χ3n) is 3.44. The Bertz CT molecular complexity index is 961. The molecule has 0 bridgehead atoms. The number of ether oxygens (including phenoxy) is 2. The molecule has 7 N–H and O–H groups in total. The Hall–Kier alpha value is -3.83. The Kier molecular flexibility index (Phi) is 6.03. The summed E-state index contributed by atoms with van der Waals surface area (Å²) in [5.41, 5.74) is 5.23. The molecule has 0 atom stereocenters. The first-order valence-corrected chi connectivity index (χ1v) is 7.96. The van der Waals surface area contributed by atoms with Crippen molar-refractivity contribution in [2.24, 2.45) is 10.9 Å². The summed E-state index contributed by atoms with van der Waals surface area (Å²) in [5.74, 6) is 8.15. The number of nitrogens with two attached hydrogens (primary N) is 3. The zero-order valence-electron chi connectivity index (χ0n) is 15.4. The van der Waals surface area contributed by atoms with Crippen LogP contribution in [0.1, 0.15) is 34.7 Å². The van der Waals surface area contributed by atoms with Gasteiger partial charge in [0.1, 0.15) is 0 Å². The van der Waals surface area contributed by atoms with Gasteiger partial charge in [-0.25, -0.2) is 9.18 Å². The Morgan fingerprint density at radius 3 is 2.54 bits per heavy atom. The van der Waals surface area contributed by atoms with Crippen LogP contribution in [-0.2, 0) is 4.74 Å². The fourth-order valence-electron chi connectivity index (χ4n) is 2.23. The molecule has 2 aromatic rings. The van der Waals surface area contributed by atoms with E-state index in [1.54, 1.807) is 13.8 Å². The number of esters is 1. The average molecular weight is 393 g/mol. The van der Waals surface area contributed by atoms with Crippen LogP contribution in [0.5, 0.6) is 5.75 Å². The second kappa shape index (κ2) is 8.24. The minimum absolute atomic E-state index is 0.00118. The maximum atomic E-state index is 14.1. The summed E-state index contributed by atoms with van der Waals surface area (Å²) in [7, 11) is 1.24. The van der Waals surface area contributed by atoms with E-state index in [4.69, 9.17) is 26.9 Å². The number of anilines is 2. The molecule has 0 spiro atoms. The Labute approximate surface area is 158 Å². The van der Waals surface area contributed by atoms with Crippen molar-refractivity contribution in [3.8, 4) is 5.75 Å². The number of rotatable bonds is 5. The first-order valence-electron chi connectivity index (χ1n) is 7.96. The van der Waals surface area contributed by atoms with Crippen LogP contribution in [0.15, 0.2) is 23.3 Å². The monoisotopic (exact) mass is 393 g/mol. The van der Waals surface area contributed by atoms with Crippen LogP contribution in [0.25, 0.3) is 0 Å². The highest BCUT2D eigenvalue weighted by Gasteiger charge is 2.21. The predicted molar refractivity (Wildman–Crippen MR) is 98.0 cm³/mol. The van der Waals surface area contributed by atoms with E-state index in [1.807, 2.05) is 0 Å². The number of carbonyl (C=O) groups is 2. The quantitative estimate of drug-likeness (QED) is 0.310. The molecule has 1 heterocycles. The maximum Gasteiger partial charge on any atom is 0.340 e. The summed E-state index contributed by atoms with van der Waals surface area (Å²) in [6.07, 6.45) is -0.452. The molecule has 150 valence electrons. The van der Waals surface area contributed by atoms with Gasteiger partial charge in [-0.1, -0.05) is 0 Å². The van der Waals surface area contributed by atoms with Gasteiger partial charge in [0.05, 0.1) is 30.2 Å². The van der Waals surface area contributed by atoms with Crippen LogP contribution in [0, 0.1) is 5.82 Å². The molecular formula is C16H20FN7O4. The van der Waals surface area contributed by atoms with E-state index in [9.17, 15) is 14.0 Å². The number of hydrogen-bond acceptors (Lipinski definition) is 9. The minimum Gasteiger partial charge on any atom is -0.494 e. The molecule has 1 aromatic heterocycles. The lowest BCUT2D eigenvalue weighted by molar-refractivity contribution is 0.0378. The highest BCUT2D eigenvalue weighted by molar-refractivity contribution is 6.07. The normalized spacial score (nSPS) is 11.4. The minimum atomic E-state index is -0.828. The van der Waals surface area contributed by atoms with Gasteiger partial charge in [-0.3, -0.25) is 4.79 Å². The Morgan fingerprint density at radius 2 is 2.00 bits per heavy atom. The zero-order valence-corrected chi connectivity index (χ0v) is 15.4. The number of aromatic nitrogens is 2. The average Bonchev–Trinajstić information content (AvgIpc) is 2.61. The van der Waals surface area contributed by atoms with E-state index in [2.05, 4.69) is 15.5 Å². The van der Waals surface area contributed by atoms with E-state index < -0.39 is 23.8 Å². The van der Waals surface area contributed by atoms with Gasteiger partial charge in [0.15, 0.2) is 17.3 Å². The second-order valence-electron chi connectivity index (χ2n) is 5.82. The molecule has 0 saturated carbocycles. The van der Waals surface area contributed by atoms with Gasteiger partial charge in [0.25, 0.3) is 5.91 Å². The van der Waals surface area contributed by atoms with E-state index in [0.717, 1.165) is 16.9 Å². The van der Waals surface area contributed by atoms with E-state index in [-0.39, 0.29) is 33.9 Å². The second-order valence-corrected chi connectivity index (χ2v) is 5.82. The third kappa shape index (κ3) is 4.28. The number of hydrogen-bond donors (Lipinski definition) is 4. The largest absolute Gasteiger partial charge is 0.494 e. The standard InChI is InChI=1S/C16H20FN7O4/c1-7(2)28-16(26)8-4-9(17)13(27-3)6-11(8)21-15(25)12-5-10(18)14(22-19)24(20)23-12/h4-7H,18-20H2,1-3H3,(H,21,25)/b22-14-. The molecule has 0 saturated heterocycles. The van der Waals surface area contributed by atoms with Crippen molar-refractivity contribution in [3.63, 3.8) is 0 Å². The van der Waals surface area contributed by atoms with Crippen molar-refractivity contribution in [3.05, 3.63) is 40.8 Å². The zero-order chi connectivity index (χ0) is 21.0. The molecular weight excluding hydrogens is 373 g/mol. The van der Waals surface area contributed by atoms with E-state index in [0.29, 0.717) is 0 Å². The van der Waals surface area contributed by atoms with Crippen molar-refractivity contribution in [2.75, 3.05) is 24.0 Å². The summed E-state index contributed by atoms with van der Waals surface area (Å²) in [6.45, 7) is 3.26. The van der Waals surface area contributed by atoms with Crippen LogP contribution in [0.4, 0.5) is 15.8 Å². The van der Waals surface area contributed by atoms with Gasteiger partial charge in [0, 0.05) is 6.07 Å². The topological polar surface area (TPSA) is 173 Å². The summed E-state index contributed by atoms with van der Waals surface area (Å²) in [5, 5.41) is 9.58. The lowest BCUT2D eigenvalue weighted by atomic mass is 10.1. The fourth-order valence-corrected chi connectivity index (χ4v) is 2.23. The molecule has 0 radical (unpaired) electrons. The summed E-state index contributed by atoms with van der Waals surface area (Å²) >= 11 is 0. The molecule has 1 amide bonds. The van der Waals surface area contributed by atoms with Gasteiger partial charge >= 0.3 is 5.97 Å². The number of halogens is 1. The van der Waals surface area contributed by atoms with Gasteiger partial charge in [-0.05, 0) is 26.0 Å². The van der Waals surface area contributed by atoms with E-state index in [1.165, 1.54) is 13.2 Å². The predicted octanol–water partition coefficient (Wildman–Crippen LogP) is -0.0813. The SMILES string of the molecule is COc1cc(NC(=O)c2cc(N)/c(=N/N)n(N)n2)c(C(=O)OC(C)C)cc1F. The fraction of sp³-hybridized carbons (Fsp3) is 0.250. The molecule has 1 aromatic carbocycles. The van der Waals surface area contributed by atoms with Crippen LogP contribution in [-0.4, -0.2) is 35.0 Å². The summed E-state index contributed by atoms with van der Waals surface area (Å²) in [6, 6.07) is 3.24. The van der Waals surface area contributed by atoms with Crippen molar-refractivity contribution in [1.82, 2.24) is 9.89 Å². The molecule has 0 aliphatic rings. The number of nitrogens with zero attached hydrogens (tertiary/aromatic N) is 3. The van der Waals surface area contributed by atoms with Crippen molar-refractivity contribution >= 4 is 23.3 Å². The first kappa shape index (κ1) is 20.5. The van der Waals surface area contributed by atoms with Crippen LogP contribution >= 0.6 is 0 Å². The van der Waals surface area contributed by atoms with Crippen LogP contribution in [0.2, 0.25) is 0 Å². The highest BCUT2D eigenvalue weighted by atomic mass is 19.1. The van der Waals surface area contributed by atoms with Crippen LogP contribution in [0.3, 0.4) is 0 Å². The molecule has 2 rings (SSSR count). The Morgan fingerprint density at radius 1 is 1.32 bits per heavy atom. The summed E-state index contributed by atoms with van der Waals surface area (Å²) < 4.78 is 24.0. The lowest BCUT2D eigenvalue weighted by Gasteiger charge is -2.14. The third-order valence-corrected chi connectivity index (χ3v) is 3.44. The highest BCUT2D eigenvalue weighted by Crippen LogP contribution is 2.27. The van der Waals surface area contributed by atoms with Gasteiger partial charge in [0.2, 0.25) is 5.49 Å². The summed E-state index contributed by atoms with van der Waals surface area (Å²) in [4.78, 5) is 25.5. The molecule has 0 aliphatic carbocycles. The van der Waals surface area contributed by atoms with Crippen molar-refractivity contribution in [2.45, 2.75) is 20.0 Å². The number of carbonyl (C=O) groups excluding carboxylic acids is 2. The molecule has 0 fully saturated rings. The molecule has 0 aliphatic heterocycles. The lowest BCUT2D eigenvalue weighted by Crippen LogP contribution is -2.35. The Balaban J connectivity index is 2.46. The first-order chi connectivity index (χ1) is 13.2. The number of methoxy groups -OCH3 is 1. The van der Waals surface area contributed by atoms with Gasteiger partial charge < -0.3 is 32.2 Å². The maximum absolute atomic E-state index is 14.1. The van der Waals surface area contributed by atoms with Gasteiger partial charge in [-0.2, -0.15) is 9.89 Å². The van der Waals surface area contributed by atoms with Crippen molar-refractivity contribution < 1.29 is 23.5 Å². The molecule has 0 unspecified atom stereocenters.